The normalized spacial score (nSPS) is 55.5. The van der Waals surface area contributed by atoms with Crippen LogP contribution in [0.2, 0.25) is 0 Å². The molecule has 2 bridgehead atoms. The fourth-order valence-electron chi connectivity index (χ4n) is 7.91. The summed E-state index contributed by atoms with van der Waals surface area (Å²) in [5, 5.41) is 10.9. The molecule has 9 atom stereocenters. The lowest BCUT2D eigenvalue weighted by Crippen LogP contribution is -2.70. The van der Waals surface area contributed by atoms with Gasteiger partial charge in [-0.05, 0) is 49.4 Å². The van der Waals surface area contributed by atoms with Gasteiger partial charge in [-0.3, -0.25) is 9.59 Å². The third-order valence-electron chi connectivity index (χ3n) is 8.94. The molecule has 0 aromatic heterocycles. The van der Waals surface area contributed by atoms with Gasteiger partial charge in [-0.25, -0.2) is 0 Å². The topological polar surface area (TPSA) is 82.1 Å². The van der Waals surface area contributed by atoms with E-state index >= 15 is 0 Å². The minimum absolute atomic E-state index is 0.0335. The van der Waals surface area contributed by atoms with E-state index in [1.165, 1.54) is 0 Å². The van der Waals surface area contributed by atoms with Crippen LogP contribution in [0.3, 0.4) is 0 Å². The van der Waals surface area contributed by atoms with Gasteiger partial charge in [0, 0.05) is 18.9 Å². The number of methoxy groups -OCH3 is 1. The Morgan fingerprint density at radius 2 is 1.93 bits per heavy atom. The fourth-order valence-corrected chi connectivity index (χ4v) is 7.91. The molecular formula is C21H30O6. The van der Waals surface area contributed by atoms with Gasteiger partial charge in [0.15, 0.2) is 18.4 Å². The van der Waals surface area contributed by atoms with E-state index in [2.05, 4.69) is 13.8 Å². The van der Waals surface area contributed by atoms with Crippen LogP contribution in [0.4, 0.5) is 0 Å². The number of aliphatic hydroxyl groups excluding tert-OH is 1. The molecule has 0 amide bonds. The van der Waals surface area contributed by atoms with Gasteiger partial charge in [0.05, 0.1) is 5.41 Å². The lowest BCUT2D eigenvalue weighted by molar-refractivity contribution is -0.273. The molecule has 5 aliphatic rings. The average Bonchev–Trinajstić information content (AvgIpc) is 3.04. The first-order valence-corrected chi connectivity index (χ1v) is 10.3. The van der Waals surface area contributed by atoms with E-state index < -0.39 is 23.4 Å². The van der Waals surface area contributed by atoms with Gasteiger partial charge < -0.3 is 19.3 Å². The van der Waals surface area contributed by atoms with Crippen molar-refractivity contribution in [2.45, 2.75) is 71.6 Å². The Morgan fingerprint density at radius 3 is 2.63 bits per heavy atom. The summed E-state index contributed by atoms with van der Waals surface area (Å²) in [6.07, 6.45) is 1.82. The molecule has 3 saturated carbocycles. The van der Waals surface area contributed by atoms with Crippen LogP contribution in [0, 0.1) is 39.9 Å². The molecule has 150 valence electrons. The van der Waals surface area contributed by atoms with E-state index in [4.69, 9.17) is 14.2 Å². The first-order chi connectivity index (χ1) is 12.7. The van der Waals surface area contributed by atoms with Crippen LogP contribution in [0.1, 0.15) is 52.9 Å². The van der Waals surface area contributed by atoms with Gasteiger partial charge in [0.25, 0.3) is 0 Å². The number of ether oxygens (including phenoxy) is 3. The van der Waals surface area contributed by atoms with E-state index in [0.29, 0.717) is 12.8 Å². The second-order valence-corrected chi connectivity index (χ2v) is 10.2. The molecule has 2 heterocycles. The first kappa shape index (κ1) is 18.1. The second-order valence-electron chi connectivity index (χ2n) is 10.2. The summed E-state index contributed by atoms with van der Waals surface area (Å²) in [4.78, 5) is 26.7. The number of carbonyl (C=O) groups is 2. The summed E-state index contributed by atoms with van der Waals surface area (Å²) in [7, 11) is 1.58. The maximum Gasteiger partial charge on any atom is 0.320 e. The van der Waals surface area contributed by atoms with Crippen LogP contribution in [-0.2, 0) is 23.8 Å². The maximum atomic E-state index is 13.4. The first-order valence-electron chi connectivity index (χ1n) is 10.3. The van der Waals surface area contributed by atoms with E-state index in [-0.39, 0.29) is 46.9 Å². The molecule has 27 heavy (non-hydrogen) atoms. The van der Waals surface area contributed by atoms with Crippen LogP contribution in [0.15, 0.2) is 0 Å². The van der Waals surface area contributed by atoms with Crippen LogP contribution in [0.5, 0.6) is 0 Å². The van der Waals surface area contributed by atoms with E-state index in [0.717, 1.165) is 19.3 Å². The Bertz CT molecular complexity index is 703. The Kier molecular flexibility index (Phi) is 3.57. The van der Waals surface area contributed by atoms with E-state index in [1.807, 2.05) is 6.92 Å². The van der Waals surface area contributed by atoms with Crippen molar-refractivity contribution in [2.75, 3.05) is 7.11 Å². The summed E-state index contributed by atoms with van der Waals surface area (Å²) >= 11 is 0. The molecule has 0 radical (unpaired) electrons. The molecule has 2 aliphatic heterocycles. The number of hydrogen-bond acceptors (Lipinski definition) is 6. The van der Waals surface area contributed by atoms with Crippen molar-refractivity contribution in [1.82, 2.24) is 0 Å². The highest BCUT2D eigenvalue weighted by molar-refractivity contribution is 6.07. The van der Waals surface area contributed by atoms with Crippen LogP contribution in [-0.4, -0.2) is 42.7 Å². The Morgan fingerprint density at radius 1 is 1.19 bits per heavy atom. The monoisotopic (exact) mass is 378 g/mol. The standard InChI is InChI=1S/C21H30O6/c1-10-11-5-6-12-20(9-11,15(10)22)17(24)26-13-7-8-19(2,3)14-16(23)27-18(25-4)21(12,13)14/h10-14,16,18,23H,5-9H2,1-4H3/t10-,11?,12-,13+,14-,16-,18-,20?,21?/m1/s1. The number of carbonyl (C=O) groups excluding carboxylic acids is 2. The second kappa shape index (κ2) is 5.33. The smallest absolute Gasteiger partial charge is 0.320 e. The molecule has 0 aromatic rings. The van der Waals surface area contributed by atoms with Crippen molar-refractivity contribution in [3.8, 4) is 0 Å². The molecule has 5 rings (SSSR count). The van der Waals surface area contributed by atoms with Gasteiger partial charge in [-0.15, -0.1) is 0 Å². The Labute approximate surface area is 159 Å². The van der Waals surface area contributed by atoms with Crippen molar-refractivity contribution in [3.05, 3.63) is 0 Å². The number of esters is 1. The highest BCUT2D eigenvalue weighted by Crippen LogP contribution is 2.72. The number of aliphatic hydroxyl groups is 1. The maximum absolute atomic E-state index is 13.4. The third kappa shape index (κ3) is 1.83. The molecule has 6 heteroatoms. The Hall–Kier alpha value is -0.980. The molecule has 6 nitrogen and oxygen atoms in total. The predicted octanol–water partition coefficient (Wildman–Crippen LogP) is 2.28. The van der Waals surface area contributed by atoms with E-state index in [1.54, 1.807) is 7.11 Å². The average molecular weight is 378 g/mol. The van der Waals surface area contributed by atoms with Gasteiger partial charge in [-0.1, -0.05) is 20.8 Å². The molecule has 5 fully saturated rings. The highest BCUT2D eigenvalue weighted by Gasteiger charge is 2.80. The van der Waals surface area contributed by atoms with Crippen LogP contribution < -0.4 is 0 Å². The summed E-state index contributed by atoms with van der Waals surface area (Å²) in [5.74, 6) is -0.597. The third-order valence-corrected chi connectivity index (χ3v) is 8.94. The SMILES string of the molecule is CO[C@@H]1O[C@@H](O)[C@@H]2C(C)(C)CC[C@@H]3OC(=O)C45CC(CC[C@H]4C132)[C@@H](C)C5=O. The largest absolute Gasteiger partial charge is 0.461 e. The van der Waals surface area contributed by atoms with Crippen LogP contribution >= 0.6 is 0 Å². The number of rotatable bonds is 1. The minimum atomic E-state index is -1.09. The lowest BCUT2D eigenvalue weighted by atomic mass is 9.43. The van der Waals surface area contributed by atoms with Gasteiger partial charge >= 0.3 is 5.97 Å². The van der Waals surface area contributed by atoms with Crippen molar-refractivity contribution >= 4 is 11.8 Å². The number of Topliss-reactive ketones (excluding diaryl/α,β-unsaturated/α-hetero) is 1. The van der Waals surface area contributed by atoms with Gasteiger partial charge in [0.1, 0.15) is 11.5 Å². The van der Waals surface area contributed by atoms with Gasteiger partial charge in [0.2, 0.25) is 0 Å². The molecule has 3 aliphatic carbocycles. The van der Waals surface area contributed by atoms with Crippen molar-refractivity contribution < 1.29 is 28.9 Å². The summed E-state index contributed by atoms with van der Waals surface area (Å²) in [5.41, 5.74) is -1.96. The van der Waals surface area contributed by atoms with Crippen molar-refractivity contribution in [1.29, 1.82) is 0 Å². The van der Waals surface area contributed by atoms with E-state index in [9.17, 15) is 14.7 Å². The highest BCUT2D eigenvalue weighted by atomic mass is 16.7. The number of hydrogen-bond donors (Lipinski definition) is 1. The van der Waals surface area contributed by atoms with Crippen molar-refractivity contribution in [2.24, 2.45) is 39.9 Å². The number of fused-ring (bicyclic) bond motifs is 1. The Balaban J connectivity index is 1.74. The van der Waals surface area contributed by atoms with Crippen molar-refractivity contribution in [3.63, 3.8) is 0 Å². The lowest BCUT2D eigenvalue weighted by Gasteiger charge is -2.62. The molecule has 1 N–H and O–H groups in total. The zero-order valence-electron chi connectivity index (χ0n) is 16.6. The van der Waals surface area contributed by atoms with Crippen LogP contribution in [0.25, 0.3) is 0 Å². The number of ketones is 1. The molecule has 2 saturated heterocycles. The quantitative estimate of drug-likeness (QED) is 0.557. The summed E-state index contributed by atoms with van der Waals surface area (Å²) < 4.78 is 17.7. The van der Waals surface area contributed by atoms with Gasteiger partial charge in [-0.2, -0.15) is 0 Å². The zero-order valence-corrected chi connectivity index (χ0v) is 16.6. The molecule has 0 aromatic carbocycles. The molecule has 2 spiro atoms. The summed E-state index contributed by atoms with van der Waals surface area (Å²) in [6, 6.07) is 0. The predicted molar refractivity (Wildman–Crippen MR) is 94.1 cm³/mol. The molecule has 3 unspecified atom stereocenters. The zero-order chi connectivity index (χ0) is 19.4. The molecular weight excluding hydrogens is 348 g/mol. The fraction of sp³-hybridized carbons (Fsp3) is 0.905. The minimum Gasteiger partial charge on any atom is -0.461 e. The summed E-state index contributed by atoms with van der Waals surface area (Å²) in [6.45, 7) is 6.25.